The van der Waals surface area contributed by atoms with E-state index in [1.807, 2.05) is 36.4 Å². The minimum Gasteiger partial charge on any atom is -0.478 e. The van der Waals surface area contributed by atoms with E-state index in [0.717, 1.165) is 22.3 Å². The lowest BCUT2D eigenvalue weighted by atomic mass is 9.99. The number of hydrogen-bond acceptors (Lipinski definition) is 5. The molecule has 0 radical (unpaired) electrons. The molecule has 7 rings (SSSR count). The molecule has 0 saturated carbocycles. The number of carbonyl (C=O) groups is 2. The van der Waals surface area contributed by atoms with Crippen molar-refractivity contribution in [3.05, 3.63) is 120 Å². The fraction of sp³-hybridized carbons (Fsp3) is 0. The molecule has 0 bridgehead atoms. The molecule has 7 nitrogen and oxygen atoms in total. The number of carboxylic acids is 2. The molecule has 2 N–H and O–H groups in total. The van der Waals surface area contributed by atoms with Gasteiger partial charge in [0, 0.05) is 10.8 Å². The first-order chi connectivity index (χ1) is 20.2. The first-order valence-corrected chi connectivity index (χ1v) is 14.4. The van der Waals surface area contributed by atoms with Gasteiger partial charge in [-0.25, -0.2) is 18.0 Å². The molecule has 6 aromatic rings. The standard InChI is InChI=1S/C34H20O7S/c35-33(36)21-5-1-19(2-6-21)23-9-13-27-25(17-23)11-15-29-31(27)42(39,40)32-28-14-10-24(18-26(28)12-16-30(32)41-29)20-3-7-22(8-4-20)34(37)38/h1-18H,(H,35,36)(H,37,38). The minimum atomic E-state index is -4.00. The zero-order valence-corrected chi connectivity index (χ0v) is 22.6. The van der Waals surface area contributed by atoms with Gasteiger partial charge in [-0.3, -0.25) is 0 Å². The molecular formula is C34H20O7S. The van der Waals surface area contributed by atoms with Gasteiger partial charge in [-0.15, -0.1) is 0 Å². The van der Waals surface area contributed by atoms with Gasteiger partial charge in [-0.2, -0.15) is 0 Å². The average molecular weight is 573 g/mol. The summed E-state index contributed by atoms with van der Waals surface area (Å²) < 4.78 is 34.6. The SMILES string of the molecule is O=C(O)c1ccc(-c2ccc3c4c(ccc3c2)Oc2ccc3cc(-c5ccc(C(=O)O)cc5)ccc3c2S4(=O)=O)cc1. The number of hydrogen-bond donors (Lipinski definition) is 2. The molecule has 0 atom stereocenters. The Labute approximate surface area is 239 Å². The van der Waals surface area contributed by atoms with Gasteiger partial charge < -0.3 is 14.9 Å². The second kappa shape index (κ2) is 9.29. The molecule has 6 aromatic carbocycles. The summed E-state index contributed by atoms with van der Waals surface area (Å²) in [5.41, 5.74) is 3.63. The van der Waals surface area contributed by atoms with Gasteiger partial charge in [0.2, 0.25) is 9.84 Å². The predicted octanol–water partition coefficient (Wildman–Crippen LogP) is 7.66. The van der Waals surface area contributed by atoms with Crippen molar-refractivity contribution in [2.24, 2.45) is 0 Å². The molecule has 0 fully saturated rings. The van der Waals surface area contributed by atoms with E-state index in [4.69, 9.17) is 4.74 Å². The molecule has 0 aliphatic carbocycles. The van der Waals surface area contributed by atoms with E-state index < -0.39 is 21.8 Å². The third kappa shape index (κ3) is 4.00. The lowest BCUT2D eigenvalue weighted by molar-refractivity contribution is 0.0686. The lowest BCUT2D eigenvalue weighted by Crippen LogP contribution is -2.12. The van der Waals surface area contributed by atoms with E-state index in [9.17, 15) is 28.2 Å². The maximum Gasteiger partial charge on any atom is 0.335 e. The van der Waals surface area contributed by atoms with Crippen LogP contribution < -0.4 is 4.74 Å². The highest BCUT2D eigenvalue weighted by Gasteiger charge is 2.35. The summed E-state index contributed by atoms with van der Waals surface area (Å²) >= 11 is 0. The molecule has 1 aliphatic heterocycles. The van der Waals surface area contributed by atoms with Gasteiger partial charge in [-0.1, -0.05) is 60.7 Å². The van der Waals surface area contributed by atoms with E-state index in [2.05, 4.69) is 0 Å². The molecular weight excluding hydrogens is 552 g/mol. The summed E-state index contributed by atoms with van der Waals surface area (Å²) in [5.74, 6) is -1.50. The van der Waals surface area contributed by atoms with E-state index in [1.165, 1.54) is 24.3 Å². The second-order valence-corrected chi connectivity index (χ2v) is 11.9. The number of ether oxygens (including phenoxy) is 1. The Morgan fingerprint density at radius 1 is 0.500 bits per heavy atom. The average Bonchev–Trinajstić information content (AvgIpc) is 3.00. The van der Waals surface area contributed by atoms with Crippen LogP contribution >= 0.6 is 0 Å². The zero-order valence-electron chi connectivity index (χ0n) is 21.7. The molecule has 0 unspecified atom stereocenters. The molecule has 1 heterocycles. The van der Waals surface area contributed by atoms with Gasteiger partial charge in [0.05, 0.1) is 11.1 Å². The summed E-state index contributed by atoms with van der Waals surface area (Å²) in [6.07, 6.45) is 0. The Morgan fingerprint density at radius 2 is 0.881 bits per heavy atom. The highest BCUT2D eigenvalue weighted by atomic mass is 32.2. The van der Waals surface area contributed by atoms with Gasteiger partial charge in [0.25, 0.3) is 0 Å². The van der Waals surface area contributed by atoms with Crippen LogP contribution in [0, 0.1) is 0 Å². The van der Waals surface area contributed by atoms with Gasteiger partial charge in [0.1, 0.15) is 21.3 Å². The van der Waals surface area contributed by atoms with Crippen LogP contribution in [0.4, 0.5) is 0 Å². The monoisotopic (exact) mass is 572 g/mol. The highest BCUT2D eigenvalue weighted by molar-refractivity contribution is 7.92. The summed E-state index contributed by atoms with van der Waals surface area (Å²) in [7, 11) is -4.00. The number of aromatic carboxylic acids is 2. The number of fused-ring (bicyclic) bond motifs is 6. The molecule has 0 spiro atoms. The maximum absolute atomic E-state index is 14.2. The molecule has 1 aliphatic rings. The van der Waals surface area contributed by atoms with Gasteiger partial charge >= 0.3 is 11.9 Å². The maximum atomic E-state index is 14.2. The number of rotatable bonds is 4. The fourth-order valence-corrected chi connectivity index (χ4v) is 7.37. The van der Waals surface area contributed by atoms with Crippen LogP contribution in [-0.4, -0.2) is 30.6 Å². The summed E-state index contributed by atoms with van der Waals surface area (Å²) in [5, 5.41) is 20.8. The van der Waals surface area contributed by atoms with Crippen LogP contribution in [0.25, 0.3) is 43.8 Å². The Morgan fingerprint density at radius 3 is 1.26 bits per heavy atom. The van der Waals surface area contributed by atoms with Crippen LogP contribution in [0.15, 0.2) is 119 Å². The fourth-order valence-electron chi connectivity index (χ4n) is 5.47. The summed E-state index contributed by atoms with van der Waals surface area (Å²) in [6.45, 7) is 0. The summed E-state index contributed by atoms with van der Waals surface area (Å²) in [4.78, 5) is 22.6. The minimum absolute atomic E-state index is 0.0983. The van der Waals surface area contributed by atoms with E-state index in [1.54, 1.807) is 48.5 Å². The predicted molar refractivity (Wildman–Crippen MR) is 158 cm³/mol. The van der Waals surface area contributed by atoms with Crippen molar-refractivity contribution in [1.29, 1.82) is 0 Å². The van der Waals surface area contributed by atoms with Crippen molar-refractivity contribution < 1.29 is 33.0 Å². The molecule has 0 aromatic heterocycles. The Balaban J connectivity index is 1.33. The Bertz CT molecular complexity index is 2060. The topological polar surface area (TPSA) is 118 Å². The van der Waals surface area contributed by atoms with Crippen LogP contribution in [0.3, 0.4) is 0 Å². The normalized spacial score (nSPS) is 13.2. The quantitative estimate of drug-likeness (QED) is 0.222. The molecule has 42 heavy (non-hydrogen) atoms. The molecule has 204 valence electrons. The third-order valence-electron chi connectivity index (χ3n) is 7.56. The van der Waals surface area contributed by atoms with Crippen molar-refractivity contribution in [2.75, 3.05) is 0 Å². The first-order valence-electron chi connectivity index (χ1n) is 12.9. The van der Waals surface area contributed by atoms with Crippen LogP contribution in [0.2, 0.25) is 0 Å². The van der Waals surface area contributed by atoms with Crippen molar-refractivity contribution in [3.63, 3.8) is 0 Å². The van der Waals surface area contributed by atoms with Crippen molar-refractivity contribution in [1.82, 2.24) is 0 Å². The lowest BCUT2D eigenvalue weighted by Gasteiger charge is -2.23. The largest absolute Gasteiger partial charge is 0.478 e. The molecule has 0 saturated heterocycles. The van der Waals surface area contributed by atoms with E-state index >= 15 is 0 Å². The van der Waals surface area contributed by atoms with E-state index in [-0.39, 0.29) is 32.4 Å². The molecule has 0 amide bonds. The highest BCUT2D eigenvalue weighted by Crippen LogP contribution is 2.49. The molecule has 8 heteroatoms. The van der Waals surface area contributed by atoms with Crippen LogP contribution in [0.5, 0.6) is 11.5 Å². The van der Waals surface area contributed by atoms with Gasteiger partial charge in [0.15, 0.2) is 0 Å². The number of benzene rings is 6. The number of carboxylic acid groups (broad SMARTS) is 2. The number of sulfone groups is 1. The first kappa shape index (κ1) is 25.5. The van der Waals surface area contributed by atoms with E-state index in [0.29, 0.717) is 21.5 Å². The Kier molecular flexibility index (Phi) is 5.64. The van der Waals surface area contributed by atoms with Crippen LogP contribution in [-0.2, 0) is 9.84 Å². The summed E-state index contributed by atoms with van der Waals surface area (Å²) in [6, 6.07) is 30.8. The Hall–Kier alpha value is -5.47. The van der Waals surface area contributed by atoms with Crippen molar-refractivity contribution in [2.45, 2.75) is 9.79 Å². The smallest absolute Gasteiger partial charge is 0.335 e. The second-order valence-electron chi connectivity index (χ2n) is 10.0. The zero-order chi connectivity index (χ0) is 29.2. The van der Waals surface area contributed by atoms with Crippen molar-refractivity contribution >= 4 is 43.3 Å². The van der Waals surface area contributed by atoms with Crippen LogP contribution in [0.1, 0.15) is 20.7 Å². The van der Waals surface area contributed by atoms with Gasteiger partial charge in [-0.05, 0) is 81.6 Å². The van der Waals surface area contributed by atoms with Crippen molar-refractivity contribution in [3.8, 4) is 33.8 Å². The third-order valence-corrected chi connectivity index (χ3v) is 9.47.